The molecule has 0 radical (unpaired) electrons. The quantitative estimate of drug-likeness (QED) is 0.669. The van der Waals surface area contributed by atoms with Gasteiger partial charge in [0.2, 0.25) is 0 Å². The maximum atomic E-state index is 11.6. The van der Waals surface area contributed by atoms with Crippen molar-refractivity contribution in [3.8, 4) is 0 Å². The Morgan fingerprint density at radius 1 is 0.889 bits per heavy atom. The predicted octanol–water partition coefficient (Wildman–Crippen LogP) is 4.14. The number of alkyl halides is 10. The number of rotatable bonds is 5. The fourth-order valence-electron chi connectivity index (χ4n) is 0.417. The van der Waals surface area contributed by atoms with Gasteiger partial charge in [-0.2, -0.15) is 8.78 Å². The van der Waals surface area contributed by atoms with Gasteiger partial charge in [0.05, 0.1) is 0 Å². The Hall–Kier alpha value is -0.700. The van der Waals surface area contributed by atoms with Gasteiger partial charge >= 0.3 is 12.3 Å². The van der Waals surface area contributed by atoms with Gasteiger partial charge in [0.25, 0.3) is 6.43 Å². The van der Waals surface area contributed by atoms with Crippen molar-refractivity contribution in [3.63, 3.8) is 0 Å². The lowest BCUT2D eigenvalue weighted by Gasteiger charge is -2.15. The van der Waals surface area contributed by atoms with Crippen molar-refractivity contribution in [2.45, 2.75) is 44.2 Å². The van der Waals surface area contributed by atoms with E-state index in [2.05, 4.69) is 0 Å². The van der Waals surface area contributed by atoms with Gasteiger partial charge in [-0.05, 0) is 6.92 Å². The van der Waals surface area contributed by atoms with Crippen LogP contribution in [0.4, 0.5) is 43.9 Å². The van der Waals surface area contributed by atoms with E-state index in [9.17, 15) is 43.9 Å². The predicted molar refractivity (Wildman–Crippen MR) is 43.3 cm³/mol. The molecule has 0 N–H and O–H groups in total. The van der Waals surface area contributed by atoms with Gasteiger partial charge in [-0.3, -0.25) is 0 Å². The highest BCUT2D eigenvalue weighted by Gasteiger charge is 2.46. The Morgan fingerprint density at radius 3 is 1.33 bits per heavy atom. The lowest BCUT2D eigenvalue weighted by molar-refractivity contribution is -0.165. The van der Waals surface area contributed by atoms with Gasteiger partial charge in [0.15, 0.2) is 18.5 Å². The van der Waals surface area contributed by atoms with Crippen molar-refractivity contribution in [3.05, 3.63) is 0 Å². The molecular weight excluding hydrogens is 286 g/mol. The molecule has 0 aliphatic rings. The maximum absolute atomic E-state index is 11.6. The molecule has 0 heterocycles. The molecule has 0 nitrogen and oxygen atoms in total. The van der Waals surface area contributed by atoms with Gasteiger partial charge in [0.1, 0.15) is 6.67 Å². The Morgan fingerprint density at radius 2 is 1.28 bits per heavy atom. The van der Waals surface area contributed by atoms with Crippen LogP contribution in [0.3, 0.4) is 0 Å². The Balaban J connectivity index is 0. The molecule has 10 heteroatoms. The second-order valence-electron chi connectivity index (χ2n) is 3.04. The number of halogens is 10. The Bertz CT molecular complexity index is 194. The first kappa shape index (κ1) is 19.6. The third kappa shape index (κ3) is 6.90. The normalized spacial score (nSPS) is 17.2. The second kappa shape index (κ2) is 8.41. The number of hydrogen-bond donors (Lipinski definition) is 0. The molecule has 0 aliphatic heterocycles. The van der Waals surface area contributed by atoms with Crippen LogP contribution < -0.4 is 0 Å². The smallest absolute Gasteiger partial charge is 0.248 e. The van der Waals surface area contributed by atoms with E-state index >= 15 is 0 Å². The minimum atomic E-state index is -4.50. The molecule has 0 fully saturated rings. The first-order valence-electron chi connectivity index (χ1n) is 4.40. The van der Waals surface area contributed by atoms with Gasteiger partial charge in [-0.25, -0.2) is 35.1 Å². The van der Waals surface area contributed by atoms with Crippen LogP contribution >= 0.6 is 0 Å². The summed E-state index contributed by atoms with van der Waals surface area (Å²) in [5.74, 6) is -4.50. The van der Waals surface area contributed by atoms with Gasteiger partial charge < -0.3 is 0 Å². The molecule has 0 spiro atoms. The van der Waals surface area contributed by atoms with Crippen molar-refractivity contribution in [2.75, 3.05) is 6.67 Å². The van der Waals surface area contributed by atoms with Gasteiger partial charge in [-0.15, -0.1) is 0 Å². The zero-order chi connectivity index (χ0) is 15.1. The minimum absolute atomic E-state index is 0.395. The second-order valence-corrected chi connectivity index (χ2v) is 3.04. The summed E-state index contributed by atoms with van der Waals surface area (Å²) in [4.78, 5) is 0. The van der Waals surface area contributed by atoms with Crippen molar-refractivity contribution < 1.29 is 43.9 Å². The van der Waals surface area contributed by atoms with Crippen LogP contribution in [-0.4, -0.2) is 44.0 Å². The van der Waals surface area contributed by atoms with Crippen LogP contribution in [0.2, 0.25) is 0 Å². The van der Waals surface area contributed by atoms with E-state index in [1.54, 1.807) is 0 Å². The van der Waals surface area contributed by atoms with Crippen LogP contribution in [0.1, 0.15) is 6.92 Å². The molecule has 0 saturated carbocycles. The van der Waals surface area contributed by atoms with Crippen LogP contribution in [0.5, 0.6) is 0 Å². The van der Waals surface area contributed by atoms with E-state index < -0.39 is 44.0 Å². The molecule has 0 bridgehead atoms. The van der Waals surface area contributed by atoms with Crippen LogP contribution in [0.25, 0.3) is 0 Å². The zero-order valence-corrected chi connectivity index (χ0v) is 8.87. The third-order valence-corrected chi connectivity index (χ3v) is 1.55. The highest BCUT2D eigenvalue weighted by molar-refractivity contribution is 4.75. The summed E-state index contributed by atoms with van der Waals surface area (Å²) < 4.78 is 113. The molecule has 0 rings (SSSR count). The van der Waals surface area contributed by atoms with Crippen LogP contribution in [0.15, 0.2) is 0 Å². The van der Waals surface area contributed by atoms with E-state index in [1.165, 1.54) is 0 Å². The summed E-state index contributed by atoms with van der Waals surface area (Å²) in [6, 6.07) is 0. The van der Waals surface area contributed by atoms with E-state index in [-0.39, 0.29) is 0 Å². The summed E-state index contributed by atoms with van der Waals surface area (Å²) in [5.41, 5.74) is 0. The largest absolute Gasteiger partial charge is 0.337 e. The minimum Gasteiger partial charge on any atom is -0.248 e. The molecule has 0 aliphatic carbocycles. The Kier molecular flexibility index (Phi) is 9.17. The summed E-state index contributed by atoms with van der Waals surface area (Å²) in [6.07, 6.45) is -15.8. The maximum Gasteiger partial charge on any atom is 0.337 e. The molecule has 0 amide bonds. The molecule has 3 atom stereocenters. The molecule has 3 unspecified atom stereocenters. The lowest BCUT2D eigenvalue weighted by atomic mass is 10.2. The molecule has 0 aromatic carbocycles. The highest BCUT2D eigenvalue weighted by atomic mass is 19.3. The van der Waals surface area contributed by atoms with E-state index in [0.717, 1.165) is 0 Å². The molecule has 0 saturated heterocycles. The zero-order valence-electron chi connectivity index (χ0n) is 8.87. The van der Waals surface area contributed by atoms with Gasteiger partial charge in [0, 0.05) is 0 Å². The summed E-state index contributed by atoms with van der Waals surface area (Å²) in [7, 11) is 0. The summed E-state index contributed by atoms with van der Waals surface area (Å²) in [6.45, 7) is -1.31. The van der Waals surface area contributed by atoms with Crippen LogP contribution in [-0.2, 0) is 0 Å². The molecule has 0 aromatic rings. The summed E-state index contributed by atoms with van der Waals surface area (Å²) in [5, 5.41) is 0. The SMILES string of the molecule is CC(F)C(F)(F)C(F)F.FCC(F)C(F)C(F)F. The van der Waals surface area contributed by atoms with Crippen molar-refractivity contribution in [1.29, 1.82) is 0 Å². The van der Waals surface area contributed by atoms with Crippen LogP contribution in [0, 0.1) is 0 Å². The summed E-state index contributed by atoms with van der Waals surface area (Å²) >= 11 is 0. The van der Waals surface area contributed by atoms with Crippen molar-refractivity contribution >= 4 is 0 Å². The van der Waals surface area contributed by atoms with Crippen molar-refractivity contribution in [2.24, 2.45) is 0 Å². The average Bonchev–Trinajstić information content (AvgIpc) is 2.27. The highest BCUT2D eigenvalue weighted by Crippen LogP contribution is 2.28. The van der Waals surface area contributed by atoms with Crippen molar-refractivity contribution in [1.82, 2.24) is 0 Å². The molecule has 0 aromatic heterocycles. The standard InChI is InChI=1S/2C4H5F5/c1-2(5)4(8,9)3(6)7;5-1-2(6)3(7)4(8)9/h2-3H,1H3;2-4H,1H2. The average molecular weight is 296 g/mol. The molecule has 112 valence electrons. The monoisotopic (exact) mass is 296 g/mol. The lowest BCUT2D eigenvalue weighted by Crippen LogP contribution is -2.35. The topological polar surface area (TPSA) is 0 Å². The molecular formula is C8H10F10. The fourth-order valence-corrected chi connectivity index (χ4v) is 0.417. The fraction of sp³-hybridized carbons (Fsp3) is 1.00. The first-order chi connectivity index (χ1) is 7.98. The van der Waals surface area contributed by atoms with E-state index in [4.69, 9.17) is 0 Å². The number of hydrogen-bond acceptors (Lipinski definition) is 0. The van der Waals surface area contributed by atoms with E-state index in [0.29, 0.717) is 6.92 Å². The van der Waals surface area contributed by atoms with E-state index in [1.807, 2.05) is 0 Å². The van der Waals surface area contributed by atoms with Gasteiger partial charge in [-0.1, -0.05) is 0 Å². The third-order valence-electron chi connectivity index (χ3n) is 1.55. The Labute approximate surface area is 96.0 Å². The first-order valence-corrected chi connectivity index (χ1v) is 4.40. The molecule has 18 heavy (non-hydrogen) atoms.